The van der Waals surface area contributed by atoms with Gasteiger partial charge in [-0.1, -0.05) is 19.1 Å². The number of Topliss-reactive ketones (excluding diaryl/α,β-unsaturated/α-hetero) is 1. The van der Waals surface area contributed by atoms with E-state index in [9.17, 15) is 9.59 Å². The van der Waals surface area contributed by atoms with E-state index in [2.05, 4.69) is 6.58 Å². The number of ether oxygens (including phenoxy) is 2. The Morgan fingerprint density at radius 2 is 2.23 bits per heavy atom. The second-order valence-corrected chi connectivity index (χ2v) is 5.57. The number of methoxy groups -OCH3 is 1. The molecule has 22 heavy (non-hydrogen) atoms. The predicted octanol–water partition coefficient (Wildman–Crippen LogP) is 3.20. The van der Waals surface area contributed by atoms with Gasteiger partial charge in [-0.3, -0.25) is 9.59 Å². The summed E-state index contributed by atoms with van der Waals surface area (Å²) < 4.78 is 10.4. The van der Waals surface area contributed by atoms with E-state index in [-0.39, 0.29) is 18.3 Å². The lowest BCUT2D eigenvalue weighted by Crippen LogP contribution is -2.48. The van der Waals surface area contributed by atoms with Gasteiger partial charge in [-0.2, -0.15) is 0 Å². The molecule has 0 aromatic heterocycles. The lowest BCUT2D eigenvalue weighted by atomic mass is 9.64. The summed E-state index contributed by atoms with van der Waals surface area (Å²) in [5, 5.41) is 0. The fraction of sp³-hybridized carbons (Fsp3) is 0.444. The van der Waals surface area contributed by atoms with Gasteiger partial charge in [0.25, 0.3) is 0 Å². The van der Waals surface area contributed by atoms with Crippen LogP contribution in [0, 0.1) is 11.3 Å². The molecule has 0 unspecified atom stereocenters. The summed E-state index contributed by atoms with van der Waals surface area (Å²) >= 11 is 0. The average molecular weight is 302 g/mol. The topological polar surface area (TPSA) is 52.6 Å². The van der Waals surface area contributed by atoms with Crippen molar-refractivity contribution in [3.8, 4) is 5.75 Å². The lowest BCUT2D eigenvalue weighted by Gasteiger charge is -2.37. The highest BCUT2D eigenvalue weighted by Crippen LogP contribution is 2.43. The van der Waals surface area contributed by atoms with Gasteiger partial charge >= 0.3 is 5.97 Å². The molecule has 0 amide bonds. The molecule has 2 atom stereocenters. The average Bonchev–Trinajstić information content (AvgIpc) is 2.54. The largest absolute Gasteiger partial charge is 0.497 e. The zero-order valence-corrected chi connectivity index (χ0v) is 13.3. The first-order chi connectivity index (χ1) is 10.5. The molecule has 4 heteroatoms. The van der Waals surface area contributed by atoms with Gasteiger partial charge in [0.15, 0.2) is 5.78 Å². The van der Waals surface area contributed by atoms with E-state index in [1.165, 1.54) is 0 Å². The van der Waals surface area contributed by atoms with Crippen molar-refractivity contribution in [2.24, 2.45) is 11.3 Å². The van der Waals surface area contributed by atoms with Gasteiger partial charge in [-0.25, -0.2) is 0 Å². The quantitative estimate of drug-likeness (QED) is 0.476. The number of rotatable bonds is 5. The first kappa shape index (κ1) is 16.3. The second kappa shape index (κ2) is 6.34. The van der Waals surface area contributed by atoms with Crippen molar-refractivity contribution in [1.82, 2.24) is 0 Å². The Hall–Kier alpha value is -2.10. The molecule has 4 nitrogen and oxygen atoms in total. The molecule has 0 saturated heterocycles. The molecule has 0 radical (unpaired) electrons. The number of carbonyl (C=O) groups excluding carboxylic acids is 2. The highest BCUT2D eigenvalue weighted by atomic mass is 16.5. The molecule has 0 spiro atoms. The third-order valence-electron chi connectivity index (χ3n) is 4.53. The summed E-state index contributed by atoms with van der Waals surface area (Å²) in [6.07, 6.45) is 2.75. The molecule has 0 aliphatic heterocycles. The first-order valence-corrected chi connectivity index (χ1v) is 7.52. The van der Waals surface area contributed by atoms with Crippen molar-refractivity contribution in [3.05, 3.63) is 42.0 Å². The van der Waals surface area contributed by atoms with Crippen LogP contribution in [0.15, 0.2) is 30.9 Å². The van der Waals surface area contributed by atoms with Crippen molar-refractivity contribution in [2.45, 2.75) is 26.7 Å². The van der Waals surface area contributed by atoms with E-state index in [4.69, 9.17) is 9.47 Å². The van der Waals surface area contributed by atoms with E-state index < -0.39 is 11.4 Å². The molecule has 1 aromatic rings. The number of hydrogen-bond donors (Lipinski definition) is 0. The summed E-state index contributed by atoms with van der Waals surface area (Å²) in [6.45, 7) is 7.60. The Labute approximate surface area is 131 Å². The fourth-order valence-electron chi connectivity index (χ4n) is 3.07. The Balaban J connectivity index is 2.55. The van der Waals surface area contributed by atoms with Gasteiger partial charge in [-0.15, -0.1) is 6.58 Å². The first-order valence-electron chi connectivity index (χ1n) is 7.52. The number of aryl methyl sites for hydroxylation is 1. The second-order valence-electron chi connectivity index (χ2n) is 5.57. The Kier molecular flexibility index (Phi) is 4.69. The summed E-state index contributed by atoms with van der Waals surface area (Å²) in [7, 11) is 1.56. The zero-order chi connectivity index (χ0) is 16.3. The minimum atomic E-state index is -1.18. The highest BCUT2D eigenvalue weighted by Gasteiger charge is 2.52. The van der Waals surface area contributed by atoms with Crippen LogP contribution in [0.5, 0.6) is 5.75 Å². The molecule has 1 aliphatic rings. The summed E-state index contributed by atoms with van der Waals surface area (Å²) in [5.41, 5.74) is 0.311. The summed E-state index contributed by atoms with van der Waals surface area (Å²) in [4.78, 5) is 25.7. The molecule has 0 saturated carbocycles. The van der Waals surface area contributed by atoms with Crippen LogP contribution < -0.4 is 4.74 Å². The van der Waals surface area contributed by atoms with Crippen molar-refractivity contribution >= 4 is 11.8 Å². The maximum Gasteiger partial charge on any atom is 0.320 e. The number of ketones is 1. The standard InChI is InChI=1S/C18H22O4/c1-5-12(3)18(17(20)22-6-2)10-9-13-7-8-14(21-4)11-15(13)16(18)19/h5,7-8,11-12H,1,6,9-10H2,2-4H3/t12-,18-/m0/s1. The molecule has 0 N–H and O–H groups in total. The van der Waals surface area contributed by atoms with Crippen molar-refractivity contribution in [1.29, 1.82) is 0 Å². The van der Waals surface area contributed by atoms with E-state index in [1.807, 2.05) is 19.1 Å². The summed E-state index contributed by atoms with van der Waals surface area (Å²) in [6, 6.07) is 5.43. The third kappa shape index (κ3) is 2.43. The molecule has 1 aromatic carbocycles. The zero-order valence-electron chi connectivity index (χ0n) is 13.3. The third-order valence-corrected chi connectivity index (χ3v) is 4.53. The molecule has 118 valence electrons. The maximum absolute atomic E-state index is 13.1. The van der Waals surface area contributed by atoms with Gasteiger partial charge in [0.2, 0.25) is 0 Å². The van der Waals surface area contributed by atoms with E-state index in [0.717, 1.165) is 5.56 Å². The molecule has 0 heterocycles. The molecular weight excluding hydrogens is 280 g/mol. The van der Waals surface area contributed by atoms with Crippen molar-refractivity contribution < 1.29 is 19.1 Å². The lowest BCUT2D eigenvalue weighted by molar-refractivity contribution is -0.154. The number of carbonyl (C=O) groups is 2. The van der Waals surface area contributed by atoms with Crippen LogP contribution in [0.2, 0.25) is 0 Å². The van der Waals surface area contributed by atoms with Crippen LogP contribution in [0.1, 0.15) is 36.2 Å². The van der Waals surface area contributed by atoms with Crippen LogP contribution in [0.3, 0.4) is 0 Å². The van der Waals surface area contributed by atoms with Gasteiger partial charge in [0, 0.05) is 5.56 Å². The molecule has 0 fully saturated rings. The van der Waals surface area contributed by atoms with Gasteiger partial charge in [-0.05, 0) is 43.4 Å². The van der Waals surface area contributed by atoms with Crippen LogP contribution in [-0.4, -0.2) is 25.5 Å². The Morgan fingerprint density at radius 1 is 1.50 bits per heavy atom. The number of hydrogen-bond acceptors (Lipinski definition) is 4. The molecule has 2 rings (SSSR count). The van der Waals surface area contributed by atoms with Crippen LogP contribution in [0.4, 0.5) is 0 Å². The van der Waals surface area contributed by atoms with Crippen LogP contribution >= 0.6 is 0 Å². The highest BCUT2D eigenvalue weighted by molar-refractivity contribution is 6.14. The molecular formula is C18H22O4. The van der Waals surface area contributed by atoms with Crippen molar-refractivity contribution in [3.63, 3.8) is 0 Å². The van der Waals surface area contributed by atoms with Crippen LogP contribution in [-0.2, 0) is 16.0 Å². The fourth-order valence-corrected chi connectivity index (χ4v) is 3.07. The normalized spacial score (nSPS) is 21.7. The molecule has 1 aliphatic carbocycles. The Morgan fingerprint density at radius 3 is 2.82 bits per heavy atom. The van der Waals surface area contributed by atoms with Gasteiger partial charge < -0.3 is 9.47 Å². The monoisotopic (exact) mass is 302 g/mol. The number of esters is 1. The van der Waals surface area contributed by atoms with E-state index >= 15 is 0 Å². The van der Waals surface area contributed by atoms with Crippen molar-refractivity contribution in [2.75, 3.05) is 13.7 Å². The molecule has 0 bridgehead atoms. The maximum atomic E-state index is 13.1. The number of fused-ring (bicyclic) bond motifs is 1. The smallest absolute Gasteiger partial charge is 0.320 e. The SMILES string of the molecule is C=C[C@H](C)[C@@]1(C(=O)OCC)CCc2ccc(OC)cc2C1=O. The van der Waals surface area contributed by atoms with E-state index in [1.54, 1.807) is 26.2 Å². The minimum absolute atomic E-state index is 0.196. The number of benzene rings is 1. The van der Waals surface area contributed by atoms with Gasteiger partial charge in [0.1, 0.15) is 11.2 Å². The summed E-state index contributed by atoms with van der Waals surface area (Å²) in [5.74, 6) is -0.337. The Bertz CT molecular complexity index is 605. The van der Waals surface area contributed by atoms with Gasteiger partial charge in [0.05, 0.1) is 13.7 Å². The predicted molar refractivity (Wildman–Crippen MR) is 84.1 cm³/mol. The van der Waals surface area contributed by atoms with E-state index in [0.29, 0.717) is 24.2 Å². The van der Waals surface area contributed by atoms with Crippen LogP contribution in [0.25, 0.3) is 0 Å². The minimum Gasteiger partial charge on any atom is -0.497 e. The number of allylic oxidation sites excluding steroid dienone is 1.